The monoisotopic (exact) mass is 236 g/mol. The van der Waals surface area contributed by atoms with Gasteiger partial charge in [0.05, 0.1) is 0 Å². The van der Waals surface area contributed by atoms with Gasteiger partial charge >= 0.3 is 25.3 Å². The Labute approximate surface area is 66.9 Å². The minimum atomic E-state index is -2.03. The van der Waals surface area contributed by atoms with Crippen molar-refractivity contribution < 1.29 is 30.0 Å². The molecule has 54 valence electrons. The van der Waals surface area contributed by atoms with Crippen molar-refractivity contribution in [2.45, 2.75) is 18.4 Å². The maximum atomic E-state index is 8.50. The van der Waals surface area contributed by atoms with Crippen LogP contribution in [0.2, 0.25) is 0 Å². The van der Waals surface area contributed by atoms with Crippen LogP contribution in [0, 0.1) is 0 Å². The van der Waals surface area contributed by atoms with Crippen molar-refractivity contribution in [3.05, 3.63) is 0 Å². The third-order valence-electron chi connectivity index (χ3n) is 0.874. The van der Waals surface area contributed by atoms with Gasteiger partial charge in [-0.15, -0.1) is 0 Å². The van der Waals surface area contributed by atoms with E-state index in [1.54, 1.807) is 0 Å². The molecule has 9 heavy (non-hydrogen) atoms. The van der Waals surface area contributed by atoms with Gasteiger partial charge in [0.2, 0.25) is 0 Å². The Morgan fingerprint density at radius 3 is 2.22 bits per heavy atom. The Bertz CT molecular complexity index is 96.0. The van der Waals surface area contributed by atoms with E-state index >= 15 is 0 Å². The van der Waals surface area contributed by atoms with Gasteiger partial charge in [-0.1, -0.05) is 11.6 Å². The predicted octanol–water partition coefficient (Wildman–Crippen LogP) is 1.12. The van der Waals surface area contributed by atoms with Gasteiger partial charge in [0.25, 0.3) is 0 Å². The summed E-state index contributed by atoms with van der Waals surface area (Å²) >= 11 is 3.46. The van der Waals surface area contributed by atoms with Crippen molar-refractivity contribution >= 4 is 11.6 Å². The van der Waals surface area contributed by atoms with Crippen LogP contribution in [0.5, 0.6) is 0 Å². The van der Waals surface area contributed by atoms with Crippen molar-refractivity contribution in [1.82, 2.24) is 0 Å². The van der Waals surface area contributed by atoms with Gasteiger partial charge in [-0.3, -0.25) is 0 Å². The summed E-state index contributed by atoms with van der Waals surface area (Å²) in [5, 5.41) is 0. The number of alkyl halides is 1. The summed E-state index contributed by atoms with van der Waals surface area (Å²) in [7, 11) is 0. The zero-order chi connectivity index (χ0) is 7.11. The summed E-state index contributed by atoms with van der Waals surface area (Å²) in [5.41, 5.74) is 0.0185. The van der Waals surface area contributed by atoms with Gasteiger partial charge in [-0.25, -0.2) is 0 Å². The fraction of sp³-hybridized carbons (Fsp3) is 1.00. The molecule has 1 aliphatic heterocycles. The summed E-state index contributed by atoms with van der Waals surface area (Å²) in [5.74, 6) is 0. The molecule has 0 aliphatic carbocycles. The molecule has 0 spiro atoms. The molecule has 1 atom stereocenters. The Kier molecular flexibility index (Phi) is 7.05. The molecule has 1 heterocycles. The SMILES string of the molecule is ClC1CCCO1.[O]=[Mo]=[O]. The maximum absolute atomic E-state index is 8.50. The zero-order valence-corrected chi connectivity index (χ0v) is 7.47. The number of halogens is 1. The zero-order valence-electron chi connectivity index (χ0n) is 4.71. The van der Waals surface area contributed by atoms with Crippen molar-refractivity contribution in [1.29, 1.82) is 0 Å². The molecule has 0 aromatic heterocycles. The van der Waals surface area contributed by atoms with Crippen molar-refractivity contribution in [3.8, 4) is 0 Å². The van der Waals surface area contributed by atoms with Gasteiger partial charge in [-0.2, -0.15) is 0 Å². The van der Waals surface area contributed by atoms with E-state index in [0.717, 1.165) is 19.4 Å². The third kappa shape index (κ3) is 6.42. The molecule has 0 aromatic rings. The molecule has 1 saturated heterocycles. The number of hydrogen-bond donors (Lipinski definition) is 0. The number of ether oxygens (including phenoxy) is 1. The molecule has 1 aliphatic rings. The van der Waals surface area contributed by atoms with Crippen LogP contribution in [0.4, 0.5) is 0 Å². The summed E-state index contributed by atoms with van der Waals surface area (Å²) < 4.78 is 21.9. The first-order valence-electron chi connectivity index (χ1n) is 2.48. The van der Waals surface area contributed by atoms with Gasteiger partial charge in [0, 0.05) is 6.61 Å². The number of hydrogen-bond acceptors (Lipinski definition) is 3. The van der Waals surface area contributed by atoms with E-state index in [4.69, 9.17) is 23.1 Å². The fourth-order valence-electron chi connectivity index (χ4n) is 0.538. The normalized spacial score (nSPS) is 24.3. The molecular weight excluding hydrogens is 227 g/mol. The second-order valence-corrected chi connectivity index (χ2v) is 2.31. The molecule has 0 aromatic carbocycles. The van der Waals surface area contributed by atoms with Crippen LogP contribution in [0.1, 0.15) is 12.8 Å². The average molecular weight is 234 g/mol. The molecular formula is C4H7ClMoO3. The minimum absolute atomic E-state index is 0.0185. The Morgan fingerprint density at radius 1 is 1.56 bits per heavy atom. The van der Waals surface area contributed by atoms with E-state index in [2.05, 4.69) is 0 Å². The van der Waals surface area contributed by atoms with E-state index in [-0.39, 0.29) is 5.56 Å². The Morgan fingerprint density at radius 2 is 2.11 bits per heavy atom. The number of rotatable bonds is 0. The van der Waals surface area contributed by atoms with Crippen LogP contribution in [-0.4, -0.2) is 12.2 Å². The first-order valence-corrected chi connectivity index (χ1v) is 4.56. The van der Waals surface area contributed by atoms with Gasteiger partial charge < -0.3 is 4.74 Å². The van der Waals surface area contributed by atoms with E-state index in [0.29, 0.717) is 0 Å². The van der Waals surface area contributed by atoms with E-state index in [9.17, 15) is 0 Å². The molecule has 1 unspecified atom stereocenters. The molecule has 5 heteroatoms. The van der Waals surface area contributed by atoms with Crippen molar-refractivity contribution in [2.24, 2.45) is 0 Å². The average Bonchev–Trinajstić information content (AvgIpc) is 2.20. The predicted molar refractivity (Wildman–Crippen MR) is 26.2 cm³/mol. The molecule has 3 nitrogen and oxygen atoms in total. The molecule has 0 amide bonds. The molecule has 1 fully saturated rings. The van der Waals surface area contributed by atoms with Crippen LogP contribution in [0.15, 0.2) is 0 Å². The van der Waals surface area contributed by atoms with E-state index in [1.165, 1.54) is 0 Å². The van der Waals surface area contributed by atoms with Crippen molar-refractivity contribution in [2.75, 3.05) is 6.61 Å². The van der Waals surface area contributed by atoms with E-state index in [1.807, 2.05) is 0 Å². The standard InChI is InChI=1S/C4H7ClO.Mo.2O/c5-4-2-1-3-6-4;;;/h4H,1-3H2;;;. The molecule has 0 saturated carbocycles. The van der Waals surface area contributed by atoms with Gasteiger partial charge in [0.1, 0.15) is 5.56 Å². The Balaban J connectivity index is 0.000000187. The van der Waals surface area contributed by atoms with Crippen LogP contribution in [0.25, 0.3) is 0 Å². The van der Waals surface area contributed by atoms with Crippen LogP contribution in [0.3, 0.4) is 0 Å². The summed E-state index contributed by atoms with van der Waals surface area (Å²) in [6.45, 7) is 0.855. The summed E-state index contributed by atoms with van der Waals surface area (Å²) in [4.78, 5) is 0. The fourth-order valence-corrected chi connectivity index (χ4v) is 0.782. The second-order valence-electron chi connectivity index (χ2n) is 1.49. The molecule has 0 radical (unpaired) electrons. The summed E-state index contributed by atoms with van der Waals surface area (Å²) in [6, 6.07) is 0. The molecule has 0 N–H and O–H groups in total. The van der Waals surface area contributed by atoms with Gasteiger partial charge in [-0.05, 0) is 12.8 Å². The molecule has 1 rings (SSSR count). The first kappa shape index (κ1) is 9.54. The van der Waals surface area contributed by atoms with Crippen molar-refractivity contribution in [3.63, 3.8) is 0 Å². The quantitative estimate of drug-likeness (QED) is 0.466. The topological polar surface area (TPSA) is 43.4 Å². The first-order chi connectivity index (χ1) is 4.31. The second kappa shape index (κ2) is 6.66. The Hall–Kier alpha value is 0.538. The van der Waals surface area contributed by atoms with E-state index < -0.39 is 18.5 Å². The van der Waals surface area contributed by atoms with Gasteiger partial charge in [0.15, 0.2) is 0 Å². The summed E-state index contributed by atoms with van der Waals surface area (Å²) in [6.07, 6.45) is 2.16. The third-order valence-corrected chi connectivity index (χ3v) is 1.22. The van der Waals surface area contributed by atoms with Crippen LogP contribution >= 0.6 is 11.6 Å². The van der Waals surface area contributed by atoms with Crippen LogP contribution in [-0.2, 0) is 30.0 Å². The molecule has 0 bridgehead atoms. The van der Waals surface area contributed by atoms with Crippen LogP contribution < -0.4 is 0 Å².